The molecule has 0 saturated heterocycles. The molecule has 0 bridgehead atoms. The standard InChI is InChI=1S/C16H27NO/c1-11(2)17-10-16(6,18)9-15-13(4)7-12(3)8-14(15)5/h7-8,11,17-18H,9-10H2,1-6H3. The van der Waals surface area contributed by atoms with Crippen molar-refractivity contribution in [3.05, 3.63) is 34.4 Å². The number of hydrogen-bond donors (Lipinski definition) is 2. The third kappa shape index (κ3) is 4.43. The van der Waals surface area contributed by atoms with Crippen molar-refractivity contribution in [1.82, 2.24) is 5.32 Å². The highest BCUT2D eigenvalue weighted by molar-refractivity contribution is 5.38. The molecule has 0 aliphatic heterocycles. The van der Waals surface area contributed by atoms with Gasteiger partial charge in [-0.05, 0) is 44.4 Å². The lowest BCUT2D eigenvalue weighted by molar-refractivity contribution is 0.0578. The van der Waals surface area contributed by atoms with Gasteiger partial charge in [0.1, 0.15) is 0 Å². The summed E-state index contributed by atoms with van der Waals surface area (Å²) in [4.78, 5) is 0. The molecule has 1 rings (SSSR count). The highest BCUT2D eigenvalue weighted by Crippen LogP contribution is 2.21. The average Bonchev–Trinajstić information content (AvgIpc) is 2.21. The molecule has 0 radical (unpaired) electrons. The van der Waals surface area contributed by atoms with E-state index in [-0.39, 0.29) is 0 Å². The first kappa shape index (κ1) is 15.2. The Hall–Kier alpha value is -0.860. The van der Waals surface area contributed by atoms with Gasteiger partial charge in [0.15, 0.2) is 0 Å². The van der Waals surface area contributed by atoms with Crippen molar-refractivity contribution in [2.24, 2.45) is 0 Å². The van der Waals surface area contributed by atoms with Gasteiger partial charge in [0.25, 0.3) is 0 Å². The summed E-state index contributed by atoms with van der Waals surface area (Å²) >= 11 is 0. The normalized spacial score (nSPS) is 14.9. The van der Waals surface area contributed by atoms with Crippen LogP contribution >= 0.6 is 0 Å². The van der Waals surface area contributed by atoms with E-state index in [1.807, 2.05) is 6.92 Å². The molecule has 0 spiro atoms. The van der Waals surface area contributed by atoms with E-state index in [1.54, 1.807) is 0 Å². The fraction of sp³-hybridized carbons (Fsp3) is 0.625. The zero-order valence-corrected chi connectivity index (χ0v) is 12.6. The third-order valence-electron chi connectivity index (χ3n) is 3.29. The molecule has 0 amide bonds. The summed E-state index contributed by atoms with van der Waals surface area (Å²) in [7, 11) is 0. The predicted molar refractivity (Wildman–Crippen MR) is 78.1 cm³/mol. The van der Waals surface area contributed by atoms with Crippen LogP contribution in [0.15, 0.2) is 12.1 Å². The average molecular weight is 249 g/mol. The molecule has 0 aliphatic rings. The van der Waals surface area contributed by atoms with Crippen LogP contribution in [0.25, 0.3) is 0 Å². The Morgan fingerprint density at radius 1 is 1.17 bits per heavy atom. The first-order chi connectivity index (χ1) is 8.21. The van der Waals surface area contributed by atoms with Gasteiger partial charge in [-0.15, -0.1) is 0 Å². The first-order valence-corrected chi connectivity index (χ1v) is 6.74. The minimum absolute atomic E-state index is 0.400. The molecule has 2 N–H and O–H groups in total. The fourth-order valence-electron chi connectivity index (χ4n) is 2.36. The fourth-order valence-corrected chi connectivity index (χ4v) is 2.36. The van der Waals surface area contributed by atoms with E-state index in [2.05, 4.69) is 52.1 Å². The first-order valence-electron chi connectivity index (χ1n) is 6.74. The molecule has 102 valence electrons. The number of nitrogens with one attached hydrogen (secondary N) is 1. The minimum atomic E-state index is -0.699. The number of hydrogen-bond acceptors (Lipinski definition) is 2. The van der Waals surface area contributed by atoms with Gasteiger partial charge in [-0.25, -0.2) is 0 Å². The molecule has 1 unspecified atom stereocenters. The van der Waals surface area contributed by atoms with Crippen LogP contribution in [-0.2, 0) is 6.42 Å². The van der Waals surface area contributed by atoms with Crippen LogP contribution in [0.4, 0.5) is 0 Å². The molecule has 1 aromatic rings. The summed E-state index contributed by atoms with van der Waals surface area (Å²) in [5.41, 5.74) is 4.41. The maximum atomic E-state index is 10.5. The van der Waals surface area contributed by atoms with Gasteiger partial charge in [0, 0.05) is 19.0 Å². The molecule has 18 heavy (non-hydrogen) atoms. The van der Waals surface area contributed by atoms with Crippen molar-refractivity contribution >= 4 is 0 Å². The maximum Gasteiger partial charge on any atom is 0.0783 e. The summed E-state index contributed by atoms with van der Waals surface area (Å²) in [5.74, 6) is 0. The maximum absolute atomic E-state index is 10.5. The van der Waals surface area contributed by atoms with Crippen molar-refractivity contribution in [3.8, 4) is 0 Å². The highest BCUT2D eigenvalue weighted by atomic mass is 16.3. The summed E-state index contributed by atoms with van der Waals surface area (Å²) in [6, 6.07) is 4.78. The zero-order chi connectivity index (χ0) is 13.9. The van der Waals surface area contributed by atoms with E-state index in [9.17, 15) is 5.11 Å². The van der Waals surface area contributed by atoms with E-state index in [0.29, 0.717) is 19.0 Å². The van der Waals surface area contributed by atoms with Crippen molar-refractivity contribution < 1.29 is 5.11 Å². The van der Waals surface area contributed by atoms with Crippen LogP contribution in [0.2, 0.25) is 0 Å². The molecule has 0 aliphatic carbocycles. The quantitative estimate of drug-likeness (QED) is 0.841. The van der Waals surface area contributed by atoms with Crippen LogP contribution in [-0.4, -0.2) is 23.3 Å². The summed E-state index contributed by atoms with van der Waals surface area (Å²) < 4.78 is 0. The van der Waals surface area contributed by atoms with E-state index < -0.39 is 5.60 Å². The molecule has 0 aromatic heterocycles. The van der Waals surface area contributed by atoms with Gasteiger partial charge in [-0.2, -0.15) is 0 Å². The highest BCUT2D eigenvalue weighted by Gasteiger charge is 2.22. The Balaban J connectivity index is 2.83. The summed E-state index contributed by atoms with van der Waals surface area (Å²) in [6.07, 6.45) is 0.699. The molecular weight excluding hydrogens is 222 g/mol. The summed E-state index contributed by atoms with van der Waals surface area (Å²) in [5, 5.41) is 13.8. The molecule has 1 atom stereocenters. The number of aryl methyl sites for hydroxylation is 3. The second-order valence-corrected chi connectivity index (χ2v) is 6.09. The van der Waals surface area contributed by atoms with Crippen molar-refractivity contribution in [2.45, 2.75) is 59.6 Å². The van der Waals surface area contributed by atoms with Crippen LogP contribution in [0.5, 0.6) is 0 Å². The number of rotatable bonds is 5. The SMILES string of the molecule is Cc1cc(C)c(CC(C)(O)CNC(C)C)c(C)c1. The Morgan fingerprint density at radius 3 is 2.11 bits per heavy atom. The lowest BCUT2D eigenvalue weighted by Gasteiger charge is -2.27. The Morgan fingerprint density at radius 2 is 1.67 bits per heavy atom. The largest absolute Gasteiger partial charge is 0.389 e. The van der Waals surface area contributed by atoms with Crippen LogP contribution in [0, 0.1) is 20.8 Å². The molecule has 1 aromatic carbocycles. The molecule has 2 heteroatoms. The third-order valence-corrected chi connectivity index (χ3v) is 3.29. The minimum Gasteiger partial charge on any atom is -0.389 e. The summed E-state index contributed by atoms with van der Waals surface area (Å²) in [6.45, 7) is 13.1. The van der Waals surface area contributed by atoms with Gasteiger partial charge in [-0.3, -0.25) is 0 Å². The second-order valence-electron chi connectivity index (χ2n) is 6.09. The lowest BCUT2D eigenvalue weighted by atomic mass is 9.89. The van der Waals surface area contributed by atoms with Crippen LogP contribution < -0.4 is 5.32 Å². The monoisotopic (exact) mass is 249 g/mol. The van der Waals surface area contributed by atoms with Gasteiger partial charge < -0.3 is 10.4 Å². The smallest absolute Gasteiger partial charge is 0.0783 e. The Kier molecular flexibility index (Phi) is 4.94. The van der Waals surface area contributed by atoms with Gasteiger partial charge >= 0.3 is 0 Å². The van der Waals surface area contributed by atoms with E-state index >= 15 is 0 Å². The predicted octanol–water partition coefficient (Wildman–Crippen LogP) is 2.90. The molecule has 2 nitrogen and oxygen atoms in total. The molecule has 0 fully saturated rings. The van der Waals surface area contributed by atoms with E-state index in [4.69, 9.17) is 0 Å². The number of aliphatic hydroxyl groups is 1. The topological polar surface area (TPSA) is 32.3 Å². The number of benzene rings is 1. The van der Waals surface area contributed by atoms with Gasteiger partial charge in [0.2, 0.25) is 0 Å². The molecular formula is C16H27NO. The Bertz CT molecular complexity index is 385. The lowest BCUT2D eigenvalue weighted by Crippen LogP contribution is -2.42. The van der Waals surface area contributed by atoms with Gasteiger partial charge in [0.05, 0.1) is 5.60 Å². The van der Waals surface area contributed by atoms with E-state index in [1.165, 1.54) is 22.3 Å². The van der Waals surface area contributed by atoms with E-state index in [0.717, 1.165) is 0 Å². The van der Waals surface area contributed by atoms with Crippen molar-refractivity contribution in [2.75, 3.05) is 6.54 Å². The second kappa shape index (κ2) is 5.85. The Labute approximate surface area is 111 Å². The van der Waals surface area contributed by atoms with Crippen molar-refractivity contribution in [1.29, 1.82) is 0 Å². The van der Waals surface area contributed by atoms with Crippen molar-refractivity contribution in [3.63, 3.8) is 0 Å². The van der Waals surface area contributed by atoms with Gasteiger partial charge in [-0.1, -0.05) is 31.5 Å². The van der Waals surface area contributed by atoms with Crippen LogP contribution in [0.1, 0.15) is 43.0 Å². The molecule has 0 saturated carbocycles. The molecule has 0 heterocycles. The zero-order valence-electron chi connectivity index (χ0n) is 12.6. The van der Waals surface area contributed by atoms with Crippen LogP contribution in [0.3, 0.4) is 0 Å².